The topological polar surface area (TPSA) is 139 Å². The Morgan fingerprint density at radius 1 is 1.00 bits per heavy atom. The summed E-state index contributed by atoms with van der Waals surface area (Å²) in [5.74, 6) is 0. The first-order valence-corrected chi connectivity index (χ1v) is 13.4. The van der Waals surface area contributed by atoms with Gasteiger partial charge in [-0.25, -0.2) is 13.7 Å². The van der Waals surface area contributed by atoms with Gasteiger partial charge in [-0.05, 0) is 17.8 Å². The van der Waals surface area contributed by atoms with E-state index in [0.717, 1.165) is 13.3 Å². The van der Waals surface area contributed by atoms with Gasteiger partial charge >= 0.3 is 41.0 Å². The third-order valence-electron chi connectivity index (χ3n) is 1.87. The second kappa shape index (κ2) is 10.3. The second-order valence-electron chi connectivity index (χ2n) is 3.51. The average Bonchev–Trinajstić information content (AvgIpc) is 2.40. The SMILES string of the molecule is C=C(P(=O)(COP=O)COP=O)P(=O)(O[P+](C)=O)O[P+](C)=O. The molecular weight excluding hydrogens is 418 g/mol. The molecule has 2 atom stereocenters. The molecule has 10 nitrogen and oxygen atoms in total. The largest absolute Gasteiger partial charge is 0.514 e. The van der Waals surface area contributed by atoms with Crippen molar-refractivity contribution < 1.29 is 45.1 Å². The van der Waals surface area contributed by atoms with Gasteiger partial charge in [-0.3, -0.25) is 9.05 Å². The van der Waals surface area contributed by atoms with Crippen molar-refractivity contribution in [3.63, 3.8) is 0 Å². The molecule has 0 aromatic carbocycles. The fraction of sp³-hybridized carbons (Fsp3) is 0.667. The minimum atomic E-state index is -4.52. The van der Waals surface area contributed by atoms with Gasteiger partial charge in [0.25, 0.3) is 0 Å². The predicted molar refractivity (Wildman–Crippen MR) is 80.7 cm³/mol. The highest BCUT2D eigenvalue weighted by Gasteiger charge is 2.51. The highest BCUT2D eigenvalue weighted by atomic mass is 31.3. The van der Waals surface area contributed by atoms with Gasteiger partial charge in [0.05, 0.1) is 0 Å². The lowest BCUT2D eigenvalue weighted by molar-refractivity contribution is 0.368. The standard InChI is InChI=1S/C6H12O10P6/c1-6(21(11,4-13-17-7)5-14-18-8)22(12,15-19(2)9)16-20(3)10/h1,4-5H2,2-3H3/q+2. The summed E-state index contributed by atoms with van der Waals surface area (Å²) in [6.45, 7) is 5.40. The Balaban J connectivity index is 5.69. The molecule has 0 rings (SSSR count). The summed E-state index contributed by atoms with van der Waals surface area (Å²) < 4.78 is 86.5. The lowest BCUT2D eigenvalue weighted by atomic mass is 11.2. The molecule has 0 saturated heterocycles. The zero-order chi connectivity index (χ0) is 17.4. The molecule has 0 radical (unpaired) electrons. The third-order valence-corrected chi connectivity index (χ3v) is 10.8. The maximum atomic E-state index is 12.7. The smallest absolute Gasteiger partial charge is 0.313 e. The summed E-state index contributed by atoms with van der Waals surface area (Å²) >= 11 is 0. The quantitative estimate of drug-likeness (QED) is 0.382. The van der Waals surface area contributed by atoms with E-state index in [-0.39, 0.29) is 0 Å². The normalized spacial score (nSPS) is 18.5. The van der Waals surface area contributed by atoms with Gasteiger partial charge in [-0.15, -0.1) is 0 Å². The fourth-order valence-corrected chi connectivity index (χ4v) is 9.65. The fourth-order valence-electron chi connectivity index (χ4n) is 1.06. The van der Waals surface area contributed by atoms with Crippen molar-refractivity contribution in [2.24, 2.45) is 0 Å². The van der Waals surface area contributed by atoms with Crippen molar-refractivity contribution >= 4 is 48.2 Å². The van der Waals surface area contributed by atoms with Crippen molar-refractivity contribution in [3.05, 3.63) is 11.6 Å². The first kappa shape index (κ1) is 22.4. The maximum absolute atomic E-state index is 12.7. The van der Waals surface area contributed by atoms with Crippen LogP contribution in [0.15, 0.2) is 11.6 Å². The van der Waals surface area contributed by atoms with Gasteiger partial charge in [0.1, 0.15) is 17.8 Å². The van der Waals surface area contributed by atoms with E-state index in [1.54, 1.807) is 0 Å². The zero-order valence-corrected chi connectivity index (χ0v) is 16.8. The van der Waals surface area contributed by atoms with Gasteiger partial charge in [0.2, 0.25) is 0 Å². The molecule has 124 valence electrons. The second-order valence-corrected chi connectivity index (χ2v) is 12.1. The summed E-state index contributed by atoms with van der Waals surface area (Å²) in [4.78, 5) is 0. The van der Waals surface area contributed by atoms with Crippen LogP contribution in [0.2, 0.25) is 0 Å². The molecule has 22 heavy (non-hydrogen) atoms. The molecule has 16 heteroatoms. The number of hydrogen-bond donors (Lipinski definition) is 0. The van der Waals surface area contributed by atoms with Crippen LogP contribution >= 0.6 is 48.2 Å². The van der Waals surface area contributed by atoms with E-state index in [1.807, 2.05) is 0 Å². The van der Waals surface area contributed by atoms with Gasteiger partial charge < -0.3 is 4.57 Å². The van der Waals surface area contributed by atoms with Crippen molar-refractivity contribution in [2.45, 2.75) is 0 Å². The summed E-state index contributed by atoms with van der Waals surface area (Å²) in [7, 11) is -15.0. The molecule has 0 bridgehead atoms. The van der Waals surface area contributed by atoms with E-state index in [2.05, 4.69) is 24.2 Å². The molecule has 0 saturated carbocycles. The highest BCUT2D eigenvalue weighted by molar-refractivity contribution is 7.86. The Hall–Kier alpha value is 0.440. The first-order chi connectivity index (χ1) is 10.1. The molecule has 2 unspecified atom stereocenters. The van der Waals surface area contributed by atoms with Gasteiger partial charge in [0.15, 0.2) is 20.5 Å². The van der Waals surface area contributed by atoms with Crippen LogP contribution in [0.25, 0.3) is 0 Å². The Kier molecular flexibility index (Phi) is 10.5. The van der Waals surface area contributed by atoms with Crippen LogP contribution < -0.4 is 0 Å². The molecule has 0 fully saturated rings. The summed E-state index contributed by atoms with van der Waals surface area (Å²) in [5, 5.41) is -0.692. The van der Waals surface area contributed by atoms with Crippen molar-refractivity contribution in [1.29, 1.82) is 0 Å². The van der Waals surface area contributed by atoms with Crippen LogP contribution in [0.4, 0.5) is 0 Å². The van der Waals surface area contributed by atoms with Gasteiger partial charge in [0, 0.05) is 0 Å². The average molecular weight is 430 g/mol. The molecule has 0 aromatic rings. The molecule has 0 aliphatic carbocycles. The molecule has 0 aliphatic rings. The zero-order valence-electron chi connectivity index (χ0n) is 11.4. The molecule has 0 aromatic heterocycles. The molecular formula is C6H12O10P6+2. The van der Waals surface area contributed by atoms with E-state index >= 15 is 0 Å². The predicted octanol–water partition coefficient (Wildman–Crippen LogP) is 5.15. The monoisotopic (exact) mass is 430 g/mol. The molecule has 0 aliphatic heterocycles. The van der Waals surface area contributed by atoms with Crippen LogP contribution in [-0.2, 0) is 45.1 Å². The van der Waals surface area contributed by atoms with Crippen LogP contribution in [-0.4, -0.2) is 26.0 Å². The van der Waals surface area contributed by atoms with Gasteiger partial charge in [-0.2, -0.15) is 0 Å². The number of rotatable bonds is 12. The van der Waals surface area contributed by atoms with Crippen LogP contribution in [0, 0.1) is 0 Å². The summed E-state index contributed by atoms with van der Waals surface area (Å²) in [6.07, 6.45) is -1.49. The van der Waals surface area contributed by atoms with E-state index in [9.17, 15) is 27.4 Å². The Labute approximate surface area is 131 Å². The lowest BCUT2D eigenvalue weighted by Crippen LogP contribution is -2.01. The molecule has 0 heterocycles. The molecule has 0 N–H and O–H groups in total. The van der Waals surface area contributed by atoms with Crippen LogP contribution in [0.5, 0.6) is 0 Å². The van der Waals surface area contributed by atoms with E-state index in [0.29, 0.717) is 0 Å². The first-order valence-electron chi connectivity index (χ1n) is 5.10. The summed E-state index contributed by atoms with van der Waals surface area (Å²) in [5.41, 5.74) is 0. The highest BCUT2D eigenvalue weighted by Crippen LogP contribution is 2.76. The van der Waals surface area contributed by atoms with Gasteiger partial charge in [-0.1, -0.05) is 6.58 Å². The minimum Gasteiger partial charge on any atom is -0.313 e. The van der Waals surface area contributed by atoms with Crippen molar-refractivity contribution in [2.75, 3.05) is 26.0 Å². The third kappa shape index (κ3) is 7.34. The van der Waals surface area contributed by atoms with E-state index in [1.165, 1.54) is 0 Å². The van der Waals surface area contributed by atoms with Crippen LogP contribution in [0.1, 0.15) is 0 Å². The Morgan fingerprint density at radius 2 is 1.36 bits per heavy atom. The van der Waals surface area contributed by atoms with E-state index < -0.39 is 65.9 Å². The maximum Gasteiger partial charge on any atom is 0.514 e. The molecule has 0 amide bonds. The van der Waals surface area contributed by atoms with E-state index in [4.69, 9.17) is 0 Å². The van der Waals surface area contributed by atoms with Crippen molar-refractivity contribution in [3.8, 4) is 0 Å². The summed E-state index contributed by atoms with van der Waals surface area (Å²) in [6, 6.07) is 0. The van der Waals surface area contributed by atoms with Crippen molar-refractivity contribution in [1.82, 2.24) is 0 Å². The van der Waals surface area contributed by atoms with Crippen LogP contribution in [0.3, 0.4) is 0 Å². The minimum absolute atomic E-state index is 0.692. The molecule has 0 spiro atoms. The Bertz CT molecular complexity index is 534. The number of hydrogen-bond acceptors (Lipinski definition) is 10. The Morgan fingerprint density at radius 3 is 1.64 bits per heavy atom. The lowest BCUT2D eigenvalue weighted by Gasteiger charge is -2.18.